The van der Waals surface area contributed by atoms with Crippen LogP contribution in [0.1, 0.15) is 26.3 Å². The minimum atomic E-state index is -4.32. The molecule has 0 aliphatic heterocycles. The van der Waals surface area contributed by atoms with E-state index >= 15 is 0 Å². The van der Waals surface area contributed by atoms with Gasteiger partial charge < -0.3 is 9.74 Å². The number of hydrogen-bond donors (Lipinski definition) is 1. The fourth-order valence-electron chi connectivity index (χ4n) is 1.65. The van der Waals surface area contributed by atoms with Crippen molar-refractivity contribution < 1.29 is 17.6 Å². The zero-order valence-electron chi connectivity index (χ0n) is 14.4. The summed E-state index contributed by atoms with van der Waals surface area (Å²) in [5.41, 5.74) is -0.0440. The average Bonchev–Trinajstić information content (AvgIpc) is 2.41. The minimum absolute atomic E-state index is 0.104. The molecule has 0 saturated carbocycles. The van der Waals surface area contributed by atoms with Crippen molar-refractivity contribution >= 4 is 14.0 Å². The van der Waals surface area contributed by atoms with Crippen molar-refractivity contribution in [2.24, 2.45) is 0 Å². The quantitative estimate of drug-likeness (QED) is 0.528. The van der Waals surface area contributed by atoms with Gasteiger partial charge in [0.25, 0.3) is 0 Å². The van der Waals surface area contributed by atoms with Gasteiger partial charge in [-0.2, -0.15) is 13.2 Å². The second-order valence-electron chi connectivity index (χ2n) is 7.13. The molecule has 0 aromatic heterocycles. The first-order valence-corrected chi connectivity index (χ1v) is 10.5. The Kier molecular flexibility index (Phi) is 6.10. The molecule has 23 heavy (non-hydrogen) atoms. The molecule has 0 saturated heterocycles. The largest absolute Gasteiger partial charge is 0.416 e. The molecule has 1 aromatic rings. The Morgan fingerprint density at radius 3 is 2.09 bits per heavy atom. The van der Waals surface area contributed by atoms with Crippen LogP contribution in [0.15, 0.2) is 36.9 Å². The lowest BCUT2D eigenvalue weighted by atomic mass is 10.2. The number of benzene rings is 1. The summed E-state index contributed by atoms with van der Waals surface area (Å²) in [7, 11) is -1.87. The van der Waals surface area contributed by atoms with E-state index in [0.717, 1.165) is 12.1 Å². The molecule has 0 fully saturated rings. The van der Waals surface area contributed by atoms with E-state index in [-0.39, 0.29) is 11.1 Å². The van der Waals surface area contributed by atoms with Crippen LogP contribution in [0.2, 0.25) is 18.1 Å². The first-order valence-electron chi connectivity index (χ1n) is 7.57. The Labute approximate surface area is 137 Å². The van der Waals surface area contributed by atoms with Crippen molar-refractivity contribution in [1.82, 2.24) is 0 Å². The Hall–Kier alpha value is -1.27. The van der Waals surface area contributed by atoms with Crippen molar-refractivity contribution in [3.63, 3.8) is 0 Å². The average molecular weight is 345 g/mol. The molecule has 0 heterocycles. The van der Waals surface area contributed by atoms with Gasteiger partial charge in [-0.3, -0.25) is 0 Å². The number of rotatable bonds is 6. The van der Waals surface area contributed by atoms with Crippen LogP contribution in [-0.2, 0) is 10.6 Å². The van der Waals surface area contributed by atoms with E-state index in [0.29, 0.717) is 12.3 Å². The molecule has 0 aliphatic rings. The first kappa shape index (κ1) is 19.8. The highest BCUT2D eigenvalue weighted by atomic mass is 28.4. The number of nitrogens with one attached hydrogen (secondary N) is 1. The molecule has 1 unspecified atom stereocenters. The van der Waals surface area contributed by atoms with Gasteiger partial charge in [-0.15, -0.1) is 6.58 Å². The summed E-state index contributed by atoms with van der Waals surface area (Å²) in [5.74, 6) is 0. The summed E-state index contributed by atoms with van der Waals surface area (Å²) < 4.78 is 43.8. The first-order chi connectivity index (χ1) is 10.4. The monoisotopic (exact) mass is 345 g/mol. The van der Waals surface area contributed by atoms with Crippen LogP contribution in [0.3, 0.4) is 0 Å². The van der Waals surface area contributed by atoms with Crippen molar-refractivity contribution in [3.8, 4) is 0 Å². The van der Waals surface area contributed by atoms with E-state index in [2.05, 4.69) is 45.8 Å². The van der Waals surface area contributed by atoms with E-state index < -0.39 is 20.1 Å². The maximum absolute atomic E-state index is 12.6. The lowest BCUT2D eigenvalue weighted by Gasteiger charge is -2.37. The topological polar surface area (TPSA) is 21.3 Å². The fourth-order valence-corrected chi connectivity index (χ4v) is 2.68. The van der Waals surface area contributed by atoms with Gasteiger partial charge in [0.15, 0.2) is 8.32 Å². The molecular formula is C17H26F3NOSi. The highest BCUT2D eigenvalue weighted by Crippen LogP contribution is 2.36. The van der Waals surface area contributed by atoms with Crippen LogP contribution in [0.5, 0.6) is 0 Å². The SMILES string of the molecule is C=CC(CO[Si](C)(C)C(C)(C)C)Nc1ccc(C(F)(F)F)cc1. The molecule has 0 bridgehead atoms. The van der Waals surface area contributed by atoms with Crippen molar-refractivity contribution in [3.05, 3.63) is 42.5 Å². The van der Waals surface area contributed by atoms with Crippen molar-refractivity contribution in [2.75, 3.05) is 11.9 Å². The van der Waals surface area contributed by atoms with Gasteiger partial charge in [0.1, 0.15) is 0 Å². The lowest BCUT2D eigenvalue weighted by molar-refractivity contribution is -0.137. The van der Waals surface area contributed by atoms with E-state index in [4.69, 9.17) is 4.43 Å². The number of halogens is 3. The van der Waals surface area contributed by atoms with Gasteiger partial charge in [0.05, 0.1) is 18.2 Å². The standard InChI is InChI=1S/C17H26F3NOSi/c1-7-14(12-22-23(5,6)16(2,3)4)21-15-10-8-13(9-11-15)17(18,19)20/h7-11,14,21H,1,12H2,2-6H3. The highest BCUT2D eigenvalue weighted by molar-refractivity contribution is 6.74. The number of alkyl halides is 3. The van der Waals surface area contributed by atoms with Crippen molar-refractivity contribution in [1.29, 1.82) is 0 Å². The second-order valence-corrected chi connectivity index (χ2v) is 11.9. The predicted molar refractivity (Wildman–Crippen MR) is 92.2 cm³/mol. The molecule has 6 heteroatoms. The Bertz CT molecular complexity index is 518. The Morgan fingerprint density at radius 1 is 1.17 bits per heavy atom. The van der Waals surface area contributed by atoms with E-state index in [1.165, 1.54) is 12.1 Å². The Morgan fingerprint density at radius 2 is 1.70 bits per heavy atom. The molecule has 0 radical (unpaired) electrons. The highest BCUT2D eigenvalue weighted by Gasteiger charge is 2.37. The molecule has 1 atom stereocenters. The third-order valence-electron chi connectivity index (χ3n) is 4.28. The molecule has 1 aromatic carbocycles. The number of hydrogen-bond acceptors (Lipinski definition) is 2. The van der Waals surface area contributed by atoms with Crippen LogP contribution in [0, 0.1) is 0 Å². The molecule has 0 amide bonds. The molecule has 0 aliphatic carbocycles. The predicted octanol–water partition coefficient (Wildman–Crippen LogP) is 5.69. The van der Waals surface area contributed by atoms with Crippen LogP contribution < -0.4 is 5.32 Å². The van der Waals surface area contributed by atoms with Gasteiger partial charge in [-0.1, -0.05) is 26.8 Å². The summed E-state index contributed by atoms with van der Waals surface area (Å²) in [6.07, 6.45) is -2.60. The maximum Gasteiger partial charge on any atom is 0.416 e. The van der Waals surface area contributed by atoms with E-state index in [9.17, 15) is 13.2 Å². The summed E-state index contributed by atoms with van der Waals surface area (Å²) in [4.78, 5) is 0. The third-order valence-corrected chi connectivity index (χ3v) is 8.78. The molecule has 130 valence electrons. The molecule has 0 spiro atoms. The van der Waals surface area contributed by atoms with Crippen LogP contribution in [0.4, 0.5) is 18.9 Å². The van der Waals surface area contributed by atoms with E-state index in [1.807, 2.05) is 0 Å². The van der Waals surface area contributed by atoms with Crippen molar-refractivity contribution in [2.45, 2.75) is 51.1 Å². The van der Waals surface area contributed by atoms with Gasteiger partial charge in [0.2, 0.25) is 0 Å². The van der Waals surface area contributed by atoms with Crippen LogP contribution >= 0.6 is 0 Å². The zero-order chi connectivity index (χ0) is 17.9. The number of anilines is 1. The van der Waals surface area contributed by atoms with E-state index in [1.54, 1.807) is 6.08 Å². The normalized spacial score (nSPS) is 14.4. The summed E-state index contributed by atoms with van der Waals surface area (Å²) in [6.45, 7) is 15.0. The summed E-state index contributed by atoms with van der Waals surface area (Å²) in [5, 5.41) is 3.25. The van der Waals surface area contributed by atoms with Crippen LogP contribution in [-0.4, -0.2) is 21.0 Å². The molecule has 1 rings (SSSR count). The third kappa shape index (κ3) is 5.69. The summed E-state index contributed by atoms with van der Waals surface area (Å²) >= 11 is 0. The molecular weight excluding hydrogens is 319 g/mol. The Balaban J connectivity index is 2.69. The lowest BCUT2D eigenvalue weighted by Crippen LogP contribution is -2.43. The smallest absolute Gasteiger partial charge is 0.414 e. The zero-order valence-corrected chi connectivity index (χ0v) is 15.4. The molecule has 1 N–H and O–H groups in total. The second kappa shape index (κ2) is 7.09. The minimum Gasteiger partial charge on any atom is -0.414 e. The molecule has 2 nitrogen and oxygen atoms in total. The van der Waals surface area contributed by atoms with Gasteiger partial charge in [-0.25, -0.2) is 0 Å². The maximum atomic E-state index is 12.6. The van der Waals surface area contributed by atoms with Gasteiger partial charge >= 0.3 is 6.18 Å². The fraction of sp³-hybridized carbons (Fsp3) is 0.529. The van der Waals surface area contributed by atoms with Gasteiger partial charge in [0, 0.05) is 5.69 Å². The van der Waals surface area contributed by atoms with Crippen LogP contribution in [0.25, 0.3) is 0 Å². The summed E-state index contributed by atoms with van der Waals surface area (Å²) in [6, 6.07) is 4.83. The van der Waals surface area contributed by atoms with Gasteiger partial charge in [-0.05, 0) is 42.4 Å².